The van der Waals surface area contributed by atoms with Crippen LogP contribution >= 0.6 is 11.6 Å². The van der Waals surface area contributed by atoms with Crippen LogP contribution in [0.1, 0.15) is 29.7 Å². The Morgan fingerprint density at radius 3 is 2.66 bits per heavy atom. The normalized spacial score (nSPS) is 16.9. The molecule has 0 N–H and O–H groups in total. The summed E-state index contributed by atoms with van der Waals surface area (Å²) >= 11 is 6.08. The highest BCUT2D eigenvalue weighted by Crippen LogP contribution is 2.43. The minimum Gasteiger partial charge on any atom is -0.347 e. The highest BCUT2D eigenvalue weighted by molar-refractivity contribution is 7.90. The average Bonchev–Trinajstić information content (AvgIpc) is 2.98. The highest BCUT2D eigenvalue weighted by Gasteiger charge is 2.45. The van der Waals surface area contributed by atoms with Gasteiger partial charge in [-0.05, 0) is 48.2 Å². The lowest BCUT2D eigenvalue weighted by Gasteiger charge is -2.35. The zero-order valence-electron chi connectivity index (χ0n) is 16.1. The molecule has 1 fully saturated rings. The molecule has 0 bridgehead atoms. The predicted molar refractivity (Wildman–Crippen MR) is 110 cm³/mol. The molecular formula is C21H21ClF2N2O2S. The largest absolute Gasteiger partial charge is 0.347 e. The molecule has 3 aromatic rings. The second kappa shape index (κ2) is 7.06. The van der Waals surface area contributed by atoms with E-state index < -0.39 is 15.8 Å². The third kappa shape index (κ3) is 4.03. The van der Waals surface area contributed by atoms with Gasteiger partial charge in [-0.15, -0.1) is 0 Å². The van der Waals surface area contributed by atoms with Crippen molar-refractivity contribution < 1.29 is 17.2 Å². The number of alkyl halides is 2. The molecule has 0 aliphatic heterocycles. The minimum atomic E-state index is -3.46. The van der Waals surface area contributed by atoms with Gasteiger partial charge in [0, 0.05) is 54.9 Å². The van der Waals surface area contributed by atoms with Crippen LogP contribution in [0.15, 0.2) is 41.6 Å². The quantitative estimate of drug-likeness (QED) is 0.561. The molecule has 8 heteroatoms. The molecule has 2 aromatic heterocycles. The Labute approximate surface area is 173 Å². The molecule has 0 amide bonds. The van der Waals surface area contributed by atoms with Crippen molar-refractivity contribution in [2.45, 2.75) is 43.5 Å². The summed E-state index contributed by atoms with van der Waals surface area (Å²) in [5.41, 5.74) is 3.12. The zero-order chi connectivity index (χ0) is 21.0. The summed E-state index contributed by atoms with van der Waals surface area (Å²) in [5, 5.41) is 1.27. The van der Waals surface area contributed by atoms with Crippen molar-refractivity contribution in [1.82, 2.24) is 9.55 Å². The van der Waals surface area contributed by atoms with Crippen molar-refractivity contribution in [2.24, 2.45) is 5.92 Å². The van der Waals surface area contributed by atoms with Crippen LogP contribution in [0.5, 0.6) is 0 Å². The summed E-state index contributed by atoms with van der Waals surface area (Å²) in [6, 6.07) is 7.00. The van der Waals surface area contributed by atoms with E-state index in [-0.39, 0.29) is 23.7 Å². The third-order valence-electron chi connectivity index (χ3n) is 5.55. The molecule has 1 aliphatic carbocycles. The van der Waals surface area contributed by atoms with Crippen molar-refractivity contribution in [3.8, 4) is 0 Å². The molecule has 1 aliphatic rings. The Kier molecular flexibility index (Phi) is 4.94. The number of halogens is 3. The van der Waals surface area contributed by atoms with Gasteiger partial charge in [0.25, 0.3) is 0 Å². The molecular weight excluding hydrogens is 418 g/mol. The minimum absolute atomic E-state index is 0.0347. The van der Waals surface area contributed by atoms with Gasteiger partial charge in [-0.3, -0.25) is 4.98 Å². The fraction of sp³-hybridized carbons (Fsp3) is 0.381. The fourth-order valence-corrected chi connectivity index (χ4v) is 5.50. The van der Waals surface area contributed by atoms with E-state index in [0.717, 1.165) is 22.2 Å². The van der Waals surface area contributed by atoms with Crippen LogP contribution in [0.3, 0.4) is 0 Å². The number of aromatic nitrogens is 2. The van der Waals surface area contributed by atoms with E-state index in [4.69, 9.17) is 11.6 Å². The number of nitrogens with zero attached hydrogens (tertiary/aromatic N) is 2. The standard InChI is InChI=1S/C21H21ClF2N2O2S/c1-13-7-15(22)8-20(29(2,27)28)17(13)9-18-16-4-6-26(19(16)3-5-25-18)12-14-10-21(23,24)11-14/h3-8,14H,9-12H2,1-2H3. The molecule has 0 radical (unpaired) electrons. The van der Waals surface area contributed by atoms with Gasteiger partial charge in [0.05, 0.1) is 16.1 Å². The van der Waals surface area contributed by atoms with Crippen molar-refractivity contribution in [1.29, 1.82) is 0 Å². The second-order valence-electron chi connectivity index (χ2n) is 7.94. The highest BCUT2D eigenvalue weighted by atomic mass is 35.5. The van der Waals surface area contributed by atoms with Crippen LogP contribution in [0.25, 0.3) is 10.9 Å². The number of rotatable bonds is 5. The van der Waals surface area contributed by atoms with E-state index in [1.54, 1.807) is 12.3 Å². The van der Waals surface area contributed by atoms with Gasteiger partial charge in [0.1, 0.15) is 0 Å². The maximum absolute atomic E-state index is 13.2. The maximum Gasteiger partial charge on any atom is 0.248 e. The number of fused-ring (bicyclic) bond motifs is 1. The summed E-state index contributed by atoms with van der Waals surface area (Å²) in [7, 11) is -3.46. The topological polar surface area (TPSA) is 52.0 Å². The number of hydrogen-bond donors (Lipinski definition) is 0. The number of aryl methyl sites for hydroxylation is 1. The molecule has 154 valence electrons. The smallest absolute Gasteiger partial charge is 0.248 e. The monoisotopic (exact) mass is 438 g/mol. The van der Waals surface area contributed by atoms with Crippen LogP contribution in [0, 0.1) is 12.8 Å². The molecule has 4 nitrogen and oxygen atoms in total. The summed E-state index contributed by atoms with van der Waals surface area (Å²) in [6.45, 7) is 2.37. The van der Waals surface area contributed by atoms with Gasteiger partial charge < -0.3 is 4.57 Å². The van der Waals surface area contributed by atoms with E-state index in [1.807, 2.05) is 29.8 Å². The van der Waals surface area contributed by atoms with Crippen LogP contribution in [0.4, 0.5) is 8.78 Å². The van der Waals surface area contributed by atoms with Crippen molar-refractivity contribution in [2.75, 3.05) is 6.26 Å². The van der Waals surface area contributed by atoms with Crippen molar-refractivity contribution in [3.05, 3.63) is 58.5 Å². The molecule has 2 heterocycles. The van der Waals surface area contributed by atoms with Crippen molar-refractivity contribution >= 4 is 32.3 Å². The molecule has 0 unspecified atom stereocenters. The number of benzene rings is 1. The molecule has 1 aromatic carbocycles. The van der Waals surface area contributed by atoms with Gasteiger partial charge in [-0.1, -0.05) is 11.6 Å². The Morgan fingerprint density at radius 2 is 2.00 bits per heavy atom. The first kappa shape index (κ1) is 20.3. The number of pyridine rings is 1. The van der Waals surface area contributed by atoms with Crippen LogP contribution in [-0.2, 0) is 22.8 Å². The first-order valence-corrected chi connectivity index (χ1v) is 11.6. The lowest BCUT2D eigenvalue weighted by molar-refractivity contribution is -0.113. The Balaban J connectivity index is 1.70. The van der Waals surface area contributed by atoms with Gasteiger partial charge in [0.15, 0.2) is 9.84 Å². The molecule has 29 heavy (non-hydrogen) atoms. The van der Waals surface area contributed by atoms with E-state index in [9.17, 15) is 17.2 Å². The Hall–Kier alpha value is -1.99. The van der Waals surface area contributed by atoms with Gasteiger partial charge in [-0.25, -0.2) is 17.2 Å². The number of hydrogen-bond acceptors (Lipinski definition) is 3. The third-order valence-corrected chi connectivity index (χ3v) is 6.93. The average molecular weight is 439 g/mol. The first-order chi connectivity index (χ1) is 13.5. The Bertz CT molecular complexity index is 1200. The molecule has 4 rings (SSSR count). The Morgan fingerprint density at radius 1 is 1.28 bits per heavy atom. The lowest BCUT2D eigenvalue weighted by atomic mass is 9.81. The van der Waals surface area contributed by atoms with Gasteiger partial charge >= 0.3 is 0 Å². The van der Waals surface area contributed by atoms with Crippen LogP contribution in [-0.4, -0.2) is 30.1 Å². The second-order valence-corrected chi connectivity index (χ2v) is 10.4. The zero-order valence-corrected chi connectivity index (χ0v) is 17.7. The summed E-state index contributed by atoms with van der Waals surface area (Å²) in [5.74, 6) is -2.57. The van der Waals surface area contributed by atoms with Gasteiger partial charge in [-0.2, -0.15) is 0 Å². The fourth-order valence-electron chi connectivity index (χ4n) is 4.14. The van der Waals surface area contributed by atoms with Crippen LogP contribution < -0.4 is 0 Å². The molecule has 0 spiro atoms. The van der Waals surface area contributed by atoms with Crippen molar-refractivity contribution in [3.63, 3.8) is 0 Å². The first-order valence-electron chi connectivity index (χ1n) is 9.33. The van der Waals surface area contributed by atoms with E-state index in [0.29, 0.717) is 23.6 Å². The van der Waals surface area contributed by atoms with E-state index in [2.05, 4.69) is 4.98 Å². The van der Waals surface area contributed by atoms with Crippen LogP contribution in [0.2, 0.25) is 5.02 Å². The maximum atomic E-state index is 13.2. The summed E-state index contributed by atoms with van der Waals surface area (Å²) in [4.78, 5) is 4.68. The van der Waals surface area contributed by atoms with Gasteiger partial charge in [0.2, 0.25) is 5.92 Å². The number of sulfone groups is 1. The molecule has 1 saturated carbocycles. The molecule has 0 atom stereocenters. The van der Waals surface area contributed by atoms with E-state index in [1.165, 1.54) is 12.3 Å². The SMILES string of the molecule is Cc1cc(Cl)cc(S(C)(=O)=O)c1Cc1nccc2c1ccn2CC1CC(F)(F)C1. The molecule has 0 saturated heterocycles. The van der Waals surface area contributed by atoms with E-state index >= 15 is 0 Å². The summed E-state index contributed by atoms with van der Waals surface area (Å²) < 4.78 is 52.9. The summed E-state index contributed by atoms with van der Waals surface area (Å²) in [6.07, 6.45) is 4.92. The lowest BCUT2D eigenvalue weighted by Crippen LogP contribution is -2.37. The predicted octanol–water partition coefficient (Wildman–Crippen LogP) is 5.04.